The van der Waals surface area contributed by atoms with E-state index in [4.69, 9.17) is 15.6 Å². The first kappa shape index (κ1) is 22.4. The van der Waals surface area contributed by atoms with Crippen LogP contribution in [0.15, 0.2) is 24.3 Å². The molecule has 28 heavy (non-hydrogen) atoms. The molecule has 0 aliphatic carbocycles. The van der Waals surface area contributed by atoms with E-state index in [0.29, 0.717) is 18.8 Å². The number of aromatic nitrogens is 2. The summed E-state index contributed by atoms with van der Waals surface area (Å²) in [4.78, 5) is 12.7. The van der Waals surface area contributed by atoms with Crippen LogP contribution in [0.25, 0.3) is 5.69 Å². The average molecular weight is 407 g/mol. The normalized spacial score (nSPS) is 19.4. The minimum Gasteiger partial charge on any atom is -0.364 e. The molecule has 2 heterocycles. The SMILES string of the molecule is Cc1ccc(-n2nc(C(C)(C)C)cc2NC(=O)[C@@H]2CC[C@H](CN)O2)c(C)c1.Cl. The topological polar surface area (TPSA) is 82.2 Å². The highest BCUT2D eigenvalue weighted by molar-refractivity contribution is 5.94. The van der Waals surface area contributed by atoms with Gasteiger partial charge in [-0.05, 0) is 38.3 Å². The fourth-order valence-electron chi connectivity index (χ4n) is 3.34. The van der Waals surface area contributed by atoms with Gasteiger partial charge in [-0.1, -0.05) is 38.5 Å². The molecule has 3 N–H and O–H groups in total. The molecule has 6 nitrogen and oxygen atoms in total. The number of nitrogens with zero attached hydrogens (tertiary/aromatic N) is 2. The summed E-state index contributed by atoms with van der Waals surface area (Å²) in [6.07, 6.45) is 1.02. The molecule has 2 aromatic rings. The lowest BCUT2D eigenvalue weighted by molar-refractivity contribution is -0.126. The number of nitrogens with two attached hydrogens (primary N) is 1. The number of nitrogens with one attached hydrogen (secondary N) is 1. The molecule has 1 aromatic heterocycles. The summed E-state index contributed by atoms with van der Waals surface area (Å²) in [7, 11) is 0. The Morgan fingerprint density at radius 1 is 1.29 bits per heavy atom. The van der Waals surface area contributed by atoms with E-state index in [0.717, 1.165) is 23.4 Å². The van der Waals surface area contributed by atoms with Crippen LogP contribution in [0, 0.1) is 13.8 Å². The molecular formula is C21H31ClN4O2. The van der Waals surface area contributed by atoms with Gasteiger partial charge in [0.2, 0.25) is 0 Å². The second kappa shape index (κ2) is 8.64. The first-order valence-corrected chi connectivity index (χ1v) is 9.53. The van der Waals surface area contributed by atoms with Gasteiger partial charge < -0.3 is 15.8 Å². The van der Waals surface area contributed by atoms with Crippen LogP contribution in [0.2, 0.25) is 0 Å². The number of aryl methyl sites for hydroxylation is 2. The lowest BCUT2D eigenvalue weighted by atomic mass is 9.92. The minimum atomic E-state index is -0.459. The molecule has 0 saturated carbocycles. The highest BCUT2D eigenvalue weighted by atomic mass is 35.5. The Labute approximate surface area is 173 Å². The van der Waals surface area contributed by atoms with E-state index in [-0.39, 0.29) is 29.8 Å². The van der Waals surface area contributed by atoms with E-state index in [1.165, 1.54) is 5.56 Å². The zero-order valence-corrected chi connectivity index (χ0v) is 18.1. The maximum Gasteiger partial charge on any atom is 0.254 e. The van der Waals surface area contributed by atoms with Gasteiger partial charge in [-0.25, -0.2) is 4.68 Å². The molecule has 0 bridgehead atoms. The molecule has 154 valence electrons. The lowest BCUT2D eigenvalue weighted by Crippen LogP contribution is -2.30. The molecule has 1 aromatic carbocycles. The molecule has 7 heteroatoms. The quantitative estimate of drug-likeness (QED) is 0.811. The van der Waals surface area contributed by atoms with Crippen LogP contribution in [0.4, 0.5) is 5.82 Å². The Morgan fingerprint density at radius 2 is 2.00 bits per heavy atom. The van der Waals surface area contributed by atoms with Crippen LogP contribution in [-0.2, 0) is 14.9 Å². The molecule has 1 fully saturated rings. The fourth-order valence-corrected chi connectivity index (χ4v) is 3.34. The number of benzene rings is 1. The summed E-state index contributed by atoms with van der Waals surface area (Å²) < 4.78 is 7.56. The number of ether oxygens (including phenoxy) is 1. The van der Waals surface area contributed by atoms with E-state index < -0.39 is 6.10 Å². The predicted octanol–water partition coefficient (Wildman–Crippen LogP) is 3.65. The first-order valence-electron chi connectivity index (χ1n) is 9.53. The van der Waals surface area contributed by atoms with Gasteiger partial charge in [0.05, 0.1) is 17.5 Å². The Morgan fingerprint density at radius 3 is 2.57 bits per heavy atom. The number of rotatable bonds is 4. The fraction of sp³-hybridized carbons (Fsp3) is 0.524. The summed E-state index contributed by atoms with van der Waals surface area (Å²) in [5.41, 5.74) is 9.71. The molecule has 1 saturated heterocycles. The number of hydrogen-bond acceptors (Lipinski definition) is 4. The summed E-state index contributed by atoms with van der Waals surface area (Å²) in [5.74, 6) is 0.522. The summed E-state index contributed by atoms with van der Waals surface area (Å²) in [5, 5.41) is 7.82. The number of carbonyl (C=O) groups excluding carboxylic acids is 1. The van der Waals surface area contributed by atoms with Gasteiger partial charge in [0, 0.05) is 18.0 Å². The van der Waals surface area contributed by atoms with Crippen molar-refractivity contribution < 1.29 is 9.53 Å². The Kier molecular flexibility index (Phi) is 6.91. The van der Waals surface area contributed by atoms with Gasteiger partial charge in [0.25, 0.3) is 5.91 Å². The van der Waals surface area contributed by atoms with Crippen molar-refractivity contribution in [2.24, 2.45) is 5.73 Å². The number of halogens is 1. The van der Waals surface area contributed by atoms with Gasteiger partial charge in [-0.15, -0.1) is 12.4 Å². The third-order valence-electron chi connectivity index (χ3n) is 4.97. The van der Waals surface area contributed by atoms with Crippen LogP contribution in [-0.4, -0.2) is 34.4 Å². The highest BCUT2D eigenvalue weighted by Gasteiger charge is 2.31. The maximum absolute atomic E-state index is 12.7. The molecule has 1 aliphatic rings. The van der Waals surface area contributed by atoms with Crippen LogP contribution in [0.1, 0.15) is 50.4 Å². The molecule has 0 unspecified atom stereocenters. The van der Waals surface area contributed by atoms with Crippen LogP contribution in [0.5, 0.6) is 0 Å². The summed E-state index contributed by atoms with van der Waals surface area (Å²) >= 11 is 0. The van der Waals surface area contributed by atoms with Crippen molar-refractivity contribution >= 4 is 24.1 Å². The van der Waals surface area contributed by atoms with E-state index in [1.807, 2.05) is 16.8 Å². The van der Waals surface area contributed by atoms with Gasteiger partial charge in [-0.2, -0.15) is 5.10 Å². The predicted molar refractivity (Wildman–Crippen MR) is 115 cm³/mol. The molecule has 3 rings (SSSR count). The monoisotopic (exact) mass is 406 g/mol. The average Bonchev–Trinajstić information content (AvgIpc) is 3.21. The number of carbonyl (C=O) groups is 1. The van der Waals surface area contributed by atoms with E-state index in [2.05, 4.69) is 52.1 Å². The van der Waals surface area contributed by atoms with Crippen molar-refractivity contribution in [1.29, 1.82) is 0 Å². The largest absolute Gasteiger partial charge is 0.364 e. The third-order valence-corrected chi connectivity index (χ3v) is 4.97. The smallest absolute Gasteiger partial charge is 0.254 e. The second-order valence-corrected chi connectivity index (χ2v) is 8.42. The maximum atomic E-state index is 12.7. The van der Waals surface area contributed by atoms with Crippen molar-refractivity contribution in [3.05, 3.63) is 41.1 Å². The number of hydrogen-bond donors (Lipinski definition) is 2. The third kappa shape index (κ3) is 4.74. The van der Waals surface area contributed by atoms with Crippen LogP contribution < -0.4 is 11.1 Å². The van der Waals surface area contributed by atoms with Crippen molar-refractivity contribution in [3.63, 3.8) is 0 Å². The van der Waals surface area contributed by atoms with E-state index >= 15 is 0 Å². The molecule has 1 aliphatic heterocycles. The van der Waals surface area contributed by atoms with Gasteiger partial charge in [-0.3, -0.25) is 4.79 Å². The summed E-state index contributed by atoms with van der Waals surface area (Å²) in [6, 6.07) is 8.16. The zero-order chi connectivity index (χ0) is 19.8. The van der Waals surface area contributed by atoms with Crippen LogP contribution in [0.3, 0.4) is 0 Å². The standard InChI is InChI=1S/C21H30N4O2.ClH/c1-13-6-8-16(14(2)10-13)25-19(11-18(24-25)21(3,4)5)23-20(26)17-9-7-15(12-22)27-17;/h6,8,10-11,15,17H,7,9,12,22H2,1-5H3,(H,23,26);1H/t15-,17+;/m1./s1. The Bertz CT molecular complexity index is 841. The molecule has 1 amide bonds. The van der Waals surface area contributed by atoms with Crippen LogP contribution >= 0.6 is 12.4 Å². The molecule has 0 spiro atoms. The second-order valence-electron chi connectivity index (χ2n) is 8.42. The first-order chi connectivity index (χ1) is 12.7. The lowest BCUT2D eigenvalue weighted by Gasteiger charge is -2.15. The summed E-state index contributed by atoms with van der Waals surface area (Å²) in [6.45, 7) is 10.9. The Hall–Kier alpha value is -1.89. The molecular weight excluding hydrogens is 376 g/mol. The number of amides is 1. The highest BCUT2D eigenvalue weighted by Crippen LogP contribution is 2.28. The van der Waals surface area contributed by atoms with Crippen molar-refractivity contribution in [2.75, 3.05) is 11.9 Å². The number of anilines is 1. The van der Waals surface area contributed by atoms with Gasteiger partial charge in [0.15, 0.2) is 0 Å². The van der Waals surface area contributed by atoms with Crippen molar-refractivity contribution in [2.45, 2.75) is 65.1 Å². The van der Waals surface area contributed by atoms with E-state index in [9.17, 15) is 4.79 Å². The minimum absolute atomic E-state index is 0. The Balaban J connectivity index is 0.00000280. The van der Waals surface area contributed by atoms with Crippen molar-refractivity contribution in [1.82, 2.24) is 9.78 Å². The van der Waals surface area contributed by atoms with Gasteiger partial charge in [0.1, 0.15) is 11.9 Å². The van der Waals surface area contributed by atoms with Crippen molar-refractivity contribution in [3.8, 4) is 5.69 Å². The molecule has 0 radical (unpaired) electrons. The molecule has 2 atom stereocenters. The van der Waals surface area contributed by atoms with E-state index in [1.54, 1.807) is 0 Å². The van der Waals surface area contributed by atoms with Gasteiger partial charge >= 0.3 is 0 Å². The zero-order valence-electron chi connectivity index (χ0n) is 17.3.